The van der Waals surface area contributed by atoms with Crippen LogP contribution in [0.15, 0.2) is 41.6 Å². The molecule has 0 radical (unpaired) electrons. The Bertz CT molecular complexity index is 523. The molecule has 0 aliphatic rings. The molecule has 1 aromatic carbocycles. The van der Waals surface area contributed by atoms with Crippen LogP contribution in [-0.4, -0.2) is 19.7 Å². The van der Waals surface area contributed by atoms with Gasteiger partial charge in [-0.2, -0.15) is 5.10 Å². The van der Waals surface area contributed by atoms with Gasteiger partial charge in [0.1, 0.15) is 0 Å². The molecule has 1 heterocycles. The SMILES string of the molecule is Cc1c(N)cccc1S(=O)CCn1cccn1. The topological polar surface area (TPSA) is 60.9 Å². The van der Waals surface area contributed by atoms with E-state index in [1.54, 1.807) is 10.9 Å². The first-order valence-electron chi connectivity index (χ1n) is 5.39. The number of nitrogen functional groups attached to an aromatic ring is 1. The molecule has 0 aliphatic heterocycles. The number of benzene rings is 1. The van der Waals surface area contributed by atoms with Crippen LogP contribution >= 0.6 is 0 Å². The monoisotopic (exact) mass is 249 g/mol. The maximum Gasteiger partial charge on any atom is 0.0551 e. The molecule has 5 heteroatoms. The maximum atomic E-state index is 12.1. The minimum Gasteiger partial charge on any atom is -0.398 e. The zero-order valence-electron chi connectivity index (χ0n) is 9.67. The smallest absolute Gasteiger partial charge is 0.0551 e. The van der Waals surface area contributed by atoms with Crippen molar-refractivity contribution in [1.82, 2.24) is 9.78 Å². The fraction of sp³-hybridized carbons (Fsp3) is 0.250. The average Bonchev–Trinajstić information content (AvgIpc) is 2.82. The first-order chi connectivity index (χ1) is 8.18. The van der Waals surface area contributed by atoms with E-state index in [4.69, 9.17) is 5.73 Å². The molecule has 0 aliphatic carbocycles. The lowest BCUT2D eigenvalue weighted by Gasteiger charge is -2.08. The summed E-state index contributed by atoms with van der Waals surface area (Å²) in [5, 5.41) is 4.08. The molecule has 1 unspecified atom stereocenters. The third kappa shape index (κ3) is 2.74. The summed E-state index contributed by atoms with van der Waals surface area (Å²) in [4.78, 5) is 0.817. The number of rotatable bonds is 4. The first-order valence-corrected chi connectivity index (χ1v) is 6.71. The summed E-state index contributed by atoms with van der Waals surface area (Å²) in [5.41, 5.74) is 7.40. The molecule has 0 spiro atoms. The average molecular weight is 249 g/mol. The van der Waals surface area contributed by atoms with E-state index in [0.717, 1.165) is 10.5 Å². The molecule has 0 saturated heterocycles. The number of anilines is 1. The Morgan fingerprint density at radius 1 is 1.41 bits per heavy atom. The zero-order chi connectivity index (χ0) is 12.3. The largest absolute Gasteiger partial charge is 0.398 e. The van der Waals surface area contributed by atoms with Crippen molar-refractivity contribution >= 4 is 16.5 Å². The van der Waals surface area contributed by atoms with Crippen LogP contribution in [-0.2, 0) is 17.3 Å². The van der Waals surface area contributed by atoms with Crippen molar-refractivity contribution < 1.29 is 4.21 Å². The number of aryl methyl sites for hydroxylation is 1. The zero-order valence-corrected chi connectivity index (χ0v) is 10.5. The van der Waals surface area contributed by atoms with E-state index in [0.29, 0.717) is 18.0 Å². The third-order valence-corrected chi connectivity index (χ3v) is 4.12. The predicted octanol–water partition coefficient (Wildman–Crippen LogP) is 1.58. The van der Waals surface area contributed by atoms with Crippen LogP contribution in [0.1, 0.15) is 5.56 Å². The molecule has 1 aromatic heterocycles. The molecular weight excluding hydrogens is 234 g/mol. The van der Waals surface area contributed by atoms with Crippen LogP contribution in [0.3, 0.4) is 0 Å². The lowest BCUT2D eigenvalue weighted by atomic mass is 10.2. The minimum atomic E-state index is -1.03. The van der Waals surface area contributed by atoms with Gasteiger partial charge in [-0.15, -0.1) is 0 Å². The third-order valence-electron chi connectivity index (χ3n) is 2.64. The number of aromatic nitrogens is 2. The second kappa shape index (κ2) is 5.14. The van der Waals surface area contributed by atoms with Crippen molar-refractivity contribution in [1.29, 1.82) is 0 Å². The van der Waals surface area contributed by atoms with Crippen LogP contribution < -0.4 is 5.73 Å². The Morgan fingerprint density at radius 2 is 2.24 bits per heavy atom. The van der Waals surface area contributed by atoms with Gasteiger partial charge in [-0.05, 0) is 30.7 Å². The predicted molar refractivity (Wildman–Crippen MR) is 69.1 cm³/mol. The van der Waals surface area contributed by atoms with Crippen LogP contribution in [0.4, 0.5) is 5.69 Å². The molecule has 0 amide bonds. The Morgan fingerprint density at radius 3 is 2.94 bits per heavy atom. The normalized spacial score (nSPS) is 12.5. The molecular formula is C12H15N3OS. The molecule has 2 rings (SSSR count). The quantitative estimate of drug-likeness (QED) is 0.837. The summed E-state index contributed by atoms with van der Waals surface area (Å²) in [6.07, 6.45) is 3.58. The molecule has 4 nitrogen and oxygen atoms in total. The van der Waals surface area contributed by atoms with Crippen LogP contribution in [0.25, 0.3) is 0 Å². The second-order valence-electron chi connectivity index (χ2n) is 3.79. The van der Waals surface area contributed by atoms with E-state index in [-0.39, 0.29) is 0 Å². The van der Waals surface area contributed by atoms with Crippen molar-refractivity contribution in [2.24, 2.45) is 0 Å². The molecule has 17 heavy (non-hydrogen) atoms. The summed E-state index contributed by atoms with van der Waals surface area (Å²) >= 11 is 0. The Labute approximate surface area is 103 Å². The fourth-order valence-corrected chi connectivity index (χ4v) is 2.86. The second-order valence-corrected chi connectivity index (χ2v) is 5.33. The van der Waals surface area contributed by atoms with Gasteiger partial charge in [0.2, 0.25) is 0 Å². The van der Waals surface area contributed by atoms with E-state index < -0.39 is 10.8 Å². The van der Waals surface area contributed by atoms with Gasteiger partial charge in [-0.1, -0.05) is 6.07 Å². The maximum absolute atomic E-state index is 12.1. The van der Waals surface area contributed by atoms with Crippen LogP contribution in [0.5, 0.6) is 0 Å². The standard InChI is InChI=1S/C12H15N3OS/c1-10-11(13)4-2-5-12(10)17(16)9-8-15-7-3-6-14-15/h2-7H,8-9,13H2,1H3. The van der Waals surface area contributed by atoms with Crippen molar-refractivity contribution in [3.63, 3.8) is 0 Å². The summed E-state index contributed by atoms with van der Waals surface area (Å²) < 4.78 is 13.9. The highest BCUT2D eigenvalue weighted by molar-refractivity contribution is 7.85. The number of nitrogens with zero attached hydrogens (tertiary/aromatic N) is 2. The fourth-order valence-electron chi connectivity index (χ4n) is 1.60. The molecule has 0 saturated carbocycles. The van der Waals surface area contributed by atoms with Gasteiger partial charge in [-0.25, -0.2) is 0 Å². The molecule has 0 fully saturated rings. The van der Waals surface area contributed by atoms with E-state index in [9.17, 15) is 4.21 Å². The van der Waals surface area contributed by atoms with Crippen molar-refractivity contribution in [2.75, 3.05) is 11.5 Å². The number of hydrogen-bond donors (Lipinski definition) is 1. The highest BCUT2D eigenvalue weighted by Gasteiger charge is 2.08. The van der Waals surface area contributed by atoms with Gasteiger partial charge in [0.05, 0.1) is 17.3 Å². The molecule has 2 aromatic rings. The van der Waals surface area contributed by atoms with E-state index in [2.05, 4.69) is 5.10 Å². The molecule has 1 atom stereocenters. The van der Waals surface area contributed by atoms with Crippen LogP contribution in [0.2, 0.25) is 0 Å². The van der Waals surface area contributed by atoms with Gasteiger partial charge in [0.25, 0.3) is 0 Å². The Balaban J connectivity index is 2.07. The van der Waals surface area contributed by atoms with Gasteiger partial charge >= 0.3 is 0 Å². The molecule has 0 bridgehead atoms. The van der Waals surface area contributed by atoms with Crippen LogP contribution in [0, 0.1) is 6.92 Å². The van der Waals surface area contributed by atoms with Gasteiger partial charge in [0.15, 0.2) is 0 Å². The Hall–Kier alpha value is -1.62. The highest BCUT2D eigenvalue weighted by Crippen LogP contribution is 2.19. The first kappa shape index (κ1) is 11.9. The Kier molecular flexibility index (Phi) is 3.58. The molecule has 2 N–H and O–H groups in total. The van der Waals surface area contributed by atoms with Gasteiger partial charge in [-0.3, -0.25) is 8.89 Å². The minimum absolute atomic E-state index is 0.548. The highest BCUT2D eigenvalue weighted by atomic mass is 32.2. The van der Waals surface area contributed by atoms with E-state index in [1.807, 2.05) is 37.4 Å². The van der Waals surface area contributed by atoms with Gasteiger partial charge in [0, 0.05) is 28.7 Å². The number of nitrogens with two attached hydrogens (primary N) is 1. The van der Waals surface area contributed by atoms with Crippen molar-refractivity contribution in [2.45, 2.75) is 18.4 Å². The van der Waals surface area contributed by atoms with E-state index in [1.165, 1.54) is 0 Å². The van der Waals surface area contributed by atoms with Gasteiger partial charge < -0.3 is 5.73 Å². The summed E-state index contributed by atoms with van der Waals surface area (Å²) in [6, 6.07) is 7.38. The lowest BCUT2D eigenvalue weighted by molar-refractivity contribution is 0.644. The number of hydrogen-bond acceptors (Lipinski definition) is 3. The summed E-state index contributed by atoms with van der Waals surface area (Å²) in [5.74, 6) is 0.548. The van der Waals surface area contributed by atoms with Crippen molar-refractivity contribution in [3.05, 3.63) is 42.2 Å². The summed E-state index contributed by atoms with van der Waals surface area (Å²) in [7, 11) is -1.03. The summed E-state index contributed by atoms with van der Waals surface area (Å²) in [6.45, 7) is 2.55. The van der Waals surface area contributed by atoms with E-state index >= 15 is 0 Å². The van der Waals surface area contributed by atoms with Crippen molar-refractivity contribution in [3.8, 4) is 0 Å². The molecule has 90 valence electrons. The lowest BCUT2D eigenvalue weighted by Crippen LogP contribution is -2.09.